The van der Waals surface area contributed by atoms with Gasteiger partial charge in [-0.1, -0.05) is 0 Å². The number of hydrogen-bond donors (Lipinski definition) is 1. The lowest BCUT2D eigenvalue weighted by Crippen LogP contribution is -2.12. The molecule has 19 heavy (non-hydrogen) atoms. The van der Waals surface area contributed by atoms with Gasteiger partial charge in [-0.2, -0.15) is 0 Å². The standard InChI is InChI=1S/C13H16N2O4/c1-9-11(3-4-19-9)13-14-10(7-12(16)15-13)8-18-6-5-17-2/h3-4,7H,5-6,8H2,1-2H3,(H,14,15,16). The van der Waals surface area contributed by atoms with E-state index in [9.17, 15) is 4.79 Å². The van der Waals surface area contributed by atoms with E-state index in [1.54, 1.807) is 19.4 Å². The maximum atomic E-state index is 11.6. The van der Waals surface area contributed by atoms with Crippen LogP contribution in [-0.4, -0.2) is 30.3 Å². The van der Waals surface area contributed by atoms with Gasteiger partial charge in [-0.15, -0.1) is 0 Å². The second-order valence-corrected chi connectivity index (χ2v) is 4.02. The largest absolute Gasteiger partial charge is 0.469 e. The SMILES string of the molecule is COCCOCc1cc(=O)[nH]c(-c2ccoc2C)n1. The first-order chi connectivity index (χ1) is 9.20. The molecule has 0 unspecified atom stereocenters. The Hall–Kier alpha value is -1.92. The minimum atomic E-state index is -0.212. The van der Waals surface area contributed by atoms with Crippen LogP contribution in [-0.2, 0) is 16.1 Å². The van der Waals surface area contributed by atoms with E-state index >= 15 is 0 Å². The molecule has 2 aromatic heterocycles. The number of furan rings is 1. The molecule has 0 amide bonds. The fourth-order valence-corrected chi connectivity index (χ4v) is 1.66. The molecule has 102 valence electrons. The van der Waals surface area contributed by atoms with E-state index in [0.29, 0.717) is 30.5 Å². The van der Waals surface area contributed by atoms with Crippen molar-refractivity contribution in [2.45, 2.75) is 13.5 Å². The summed E-state index contributed by atoms with van der Waals surface area (Å²) < 4.78 is 15.4. The maximum absolute atomic E-state index is 11.6. The van der Waals surface area contributed by atoms with Crippen LogP contribution in [0.5, 0.6) is 0 Å². The monoisotopic (exact) mass is 264 g/mol. The Kier molecular flexibility index (Phi) is 4.48. The summed E-state index contributed by atoms with van der Waals surface area (Å²) in [5, 5.41) is 0. The average molecular weight is 264 g/mol. The second-order valence-electron chi connectivity index (χ2n) is 4.02. The predicted octanol–water partition coefficient (Wildman–Crippen LogP) is 1.50. The van der Waals surface area contributed by atoms with Gasteiger partial charge in [0.1, 0.15) is 11.6 Å². The van der Waals surface area contributed by atoms with Gasteiger partial charge in [0.05, 0.1) is 37.3 Å². The summed E-state index contributed by atoms with van der Waals surface area (Å²) in [5.41, 5.74) is 1.14. The van der Waals surface area contributed by atoms with Crippen LogP contribution in [0, 0.1) is 6.92 Å². The second kappa shape index (κ2) is 6.31. The Labute approximate surface area is 110 Å². The van der Waals surface area contributed by atoms with E-state index in [1.165, 1.54) is 6.07 Å². The van der Waals surface area contributed by atoms with Gasteiger partial charge in [0.2, 0.25) is 0 Å². The fraction of sp³-hybridized carbons (Fsp3) is 0.385. The Morgan fingerprint density at radius 1 is 1.42 bits per heavy atom. The minimum Gasteiger partial charge on any atom is -0.469 e. The fourth-order valence-electron chi connectivity index (χ4n) is 1.66. The molecular formula is C13H16N2O4. The number of hydrogen-bond acceptors (Lipinski definition) is 5. The van der Waals surface area contributed by atoms with Crippen molar-refractivity contribution in [1.29, 1.82) is 0 Å². The van der Waals surface area contributed by atoms with E-state index in [0.717, 1.165) is 5.56 Å². The van der Waals surface area contributed by atoms with Gasteiger partial charge in [0, 0.05) is 13.2 Å². The van der Waals surface area contributed by atoms with Crippen molar-refractivity contribution in [1.82, 2.24) is 9.97 Å². The van der Waals surface area contributed by atoms with E-state index in [1.807, 2.05) is 6.92 Å². The molecule has 0 atom stereocenters. The van der Waals surface area contributed by atoms with Crippen molar-refractivity contribution in [2.24, 2.45) is 0 Å². The maximum Gasteiger partial charge on any atom is 0.251 e. The van der Waals surface area contributed by atoms with Crippen LogP contribution in [0.2, 0.25) is 0 Å². The molecule has 0 aliphatic carbocycles. The zero-order chi connectivity index (χ0) is 13.7. The van der Waals surface area contributed by atoms with E-state index in [4.69, 9.17) is 13.9 Å². The molecule has 0 radical (unpaired) electrons. The Morgan fingerprint density at radius 3 is 2.95 bits per heavy atom. The molecule has 2 heterocycles. The van der Waals surface area contributed by atoms with Crippen LogP contribution in [0.15, 0.2) is 27.6 Å². The van der Waals surface area contributed by atoms with Crippen molar-refractivity contribution in [3.8, 4) is 11.4 Å². The zero-order valence-electron chi connectivity index (χ0n) is 10.9. The van der Waals surface area contributed by atoms with Crippen LogP contribution in [0.1, 0.15) is 11.5 Å². The van der Waals surface area contributed by atoms with Crippen LogP contribution < -0.4 is 5.56 Å². The van der Waals surface area contributed by atoms with Crippen LogP contribution in [0.25, 0.3) is 11.4 Å². The predicted molar refractivity (Wildman–Crippen MR) is 68.8 cm³/mol. The number of nitrogens with one attached hydrogen (secondary N) is 1. The van der Waals surface area contributed by atoms with Crippen molar-refractivity contribution in [3.05, 3.63) is 40.2 Å². The number of nitrogens with zero attached hydrogens (tertiary/aromatic N) is 1. The summed E-state index contributed by atoms with van der Waals surface area (Å²) in [4.78, 5) is 18.6. The number of rotatable bonds is 6. The van der Waals surface area contributed by atoms with Crippen molar-refractivity contribution >= 4 is 0 Å². The zero-order valence-corrected chi connectivity index (χ0v) is 10.9. The van der Waals surface area contributed by atoms with Crippen LogP contribution in [0.4, 0.5) is 0 Å². The molecule has 2 rings (SSSR count). The third-order valence-corrected chi connectivity index (χ3v) is 2.59. The molecule has 0 saturated carbocycles. The number of aryl methyl sites for hydroxylation is 1. The van der Waals surface area contributed by atoms with Crippen molar-refractivity contribution < 1.29 is 13.9 Å². The van der Waals surface area contributed by atoms with Gasteiger partial charge in [0.25, 0.3) is 5.56 Å². The summed E-state index contributed by atoms with van der Waals surface area (Å²) >= 11 is 0. The van der Waals surface area contributed by atoms with Gasteiger partial charge in [-0.3, -0.25) is 4.79 Å². The molecular weight excluding hydrogens is 248 g/mol. The summed E-state index contributed by atoms with van der Waals surface area (Å²) in [6, 6.07) is 3.19. The highest BCUT2D eigenvalue weighted by molar-refractivity contribution is 5.56. The van der Waals surface area contributed by atoms with Gasteiger partial charge < -0.3 is 18.9 Å². The number of H-pyrrole nitrogens is 1. The number of aromatic amines is 1. The van der Waals surface area contributed by atoms with E-state index in [2.05, 4.69) is 9.97 Å². The van der Waals surface area contributed by atoms with Gasteiger partial charge in [0.15, 0.2) is 0 Å². The highest BCUT2D eigenvalue weighted by Crippen LogP contribution is 2.19. The third kappa shape index (κ3) is 3.52. The van der Waals surface area contributed by atoms with Gasteiger partial charge in [-0.05, 0) is 13.0 Å². The molecule has 0 aromatic carbocycles. The van der Waals surface area contributed by atoms with Crippen LogP contribution in [0.3, 0.4) is 0 Å². The number of aromatic nitrogens is 2. The summed E-state index contributed by atoms with van der Waals surface area (Å²) in [7, 11) is 1.61. The van der Waals surface area contributed by atoms with Gasteiger partial charge >= 0.3 is 0 Å². The lowest BCUT2D eigenvalue weighted by Gasteiger charge is -2.05. The first kappa shape index (κ1) is 13.5. The Morgan fingerprint density at radius 2 is 2.26 bits per heavy atom. The minimum absolute atomic E-state index is 0.212. The molecule has 0 aliphatic heterocycles. The summed E-state index contributed by atoms with van der Waals surface area (Å²) in [6.07, 6.45) is 1.56. The average Bonchev–Trinajstić information content (AvgIpc) is 2.80. The molecule has 0 bridgehead atoms. The number of methoxy groups -OCH3 is 1. The summed E-state index contributed by atoms with van der Waals surface area (Å²) in [6.45, 7) is 3.07. The Bertz CT molecular complexity index is 588. The van der Waals surface area contributed by atoms with Gasteiger partial charge in [-0.25, -0.2) is 4.98 Å². The van der Waals surface area contributed by atoms with E-state index < -0.39 is 0 Å². The molecule has 1 N–H and O–H groups in total. The third-order valence-electron chi connectivity index (χ3n) is 2.59. The normalized spacial score (nSPS) is 10.8. The van der Waals surface area contributed by atoms with Crippen LogP contribution >= 0.6 is 0 Å². The lowest BCUT2D eigenvalue weighted by atomic mass is 10.2. The van der Waals surface area contributed by atoms with Crippen molar-refractivity contribution in [2.75, 3.05) is 20.3 Å². The smallest absolute Gasteiger partial charge is 0.251 e. The molecule has 0 aliphatic rings. The molecule has 0 spiro atoms. The molecule has 0 fully saturated rings. The topological polar surface area (TPSA) is 77.4 Å². The Balaban J connectivity index is 2.16. The van der Waals surface area contributed by atoms with Crippen molar-refractivity contribution in [3.63, 3.8) is 0 Å². The first-order valence-corrected chi connectivity index (χ1v) is 5.92. The highest BCUT2D eigenvalue weighted by Gasteiger charge is 2.09. The quantitative estimate of drug-likeness (QED) is 0.800. The molecule has 6 nitrogen and oxygen atoms in total. The number of ether oxygens (including phenoxy) is 2. The molecule has 0 saturated heterocycles. The molecule has 2 aromatic rings. The molecule has 6 heteroatoms. The van der Waals surface area contributed by atoms with E-state index in [-0.39, 0.29) is 12.2 Å². The lowest BCUT2D eigenvalue weighted by molar-refractivity contribution is 0.0601. The summed E-state index contributed by atoms with van der Waals surface area (Å²) in [5.74, 6) is 1.20. The highest BCUT2D eigenvalue weighted by atomic mass is 16.5. The first-order valence-electron chi connectivity index (χ1n) is 5.92.